The summed E-state index contributed by atoms with van der Waals surface area (Å²) in [5, 5.41) is 67.6. The first kappa shape index (κ1) is 19.6. The van der Waals surface area contributed by atoms with Crippen LogP contribution in [0, 0.1) is 0 Å². The van der Waals surface area contributed by atoms with Crippen LogP contribution in [-0.4, -0.2) is 89.8 Å². The average molecular weight is 326 g/mol. The smallest absolute Gasteiger partial charge is 0.377 e. The number of carboxylic acid groups (broad SMARTS) is 2. The van der Waals surface area contributed by atoms with Gasteiger partial charge in [0.25, 0.3) is 0 Å². The molecule has 0 spiro atoms. The van der Waals surface area contributed by atoms with Gasteiger partial charge in [-0.05, 0) is 0 Å². The van der Waals surface area contributed by atoms with Gasteiger partial charge in [-0.3, -0.25) is 0 Å². The molecule has 8 N–H and O–H groups in total. The predicted molar refractivity (Wildman–Crippen MR) is 62.5 cm³/mol. The highest BCUT2D eigenvalue weighted by atomic mass is 16.6. The van der Waals surface area contributed by atoms with E-state index in [-0.39, 0.29) is 0 Å². The van der Waals surface area contributed by atoms with E-state index in [0.717, 1.165) is 0 Å². The second-order valence-electron chi connectivity index (χ2n) is 3.88. The fourth-order valence-electron chi connectivity index (χ4n) is 1.09. The first-order valence-corrected chi connectivity index (χ1v) is 5.48. The van der Waals surface area contributed by atoms with Crippen molar-refractivity contribution in [1.82, 2.24) is 0 Å². The molecule has 12 nitrogen and oxygen atoms in total. The maximum absolute atomic E-state index is 10.5. The number of carboxylic acids is 2. The van der Waals surface area contributed by atoms with Gasteiger partial charge in [0.05, 0.1) is 6.61 Å². The second-order valence-corrected chi connectivity index (χ2v) is 3.88. The normalized spacial score (nSPS) is 21.3. The third-order valence-electron chi connectivity index (χ3n) is 2.28. The molecule has 0 radical (unpaired) electrons. The van der Waals surface area contributed by atoms with E-state index in [1.807, 2.05) is 0 Å². The molecule has 0 aromatic carbocycles. The summed E-state index contributed by atoms with van der Waals surface area (Å²) in [6.07, 6.45) is -7.31. The van der Waals surface area contributed by atoms with Crippen LogP contribution in [0.2, 0.25) is 0 Å². The Morgan fingerprint density at radius 3 is 1.68 bits per heavy atom. The number of carbonyl (C=O) groups excluding carboxylic acids is 1. The first-order chi connectivity index (χ1) is 10.0. The Hall–Kier alpha value is -2.41. The molecular weight excluding hydrogens is 312 g/mol. The van der Waals surface area contributed by atoms with Crippen LogP contribution in [-0.2, 0) is 19.1 Å². The lowest BCUT2D eigenvalue weighted by atomic mass is 10.2. The molecule has 1 aliphatic rings. The molecular formula is C10H14O12. The molecule has 0 aromatic rings. The van der Waals surface area contributed by atoms with Gasteiger partial charge < -0.3 is 45.6 Å². The fourth-order valence-corrected chi connectivity index (χ4v) is 1.09. The quantitative estimate of drug-likeness (QED) is 0.230. The van der Waals surface area contributed by atoms with Crippen LogP contribution in [0.15, 0.2) is 11.5 Å². The molecule has 22 heavy (non-hydrogen) atoms. The number of carbonyl (C=O) groups is 3. The van der Waals surface area contributed by atoms with E-state index in [4.69, 9.17) is 40.9 Å². The Balaban J connectivity index is 0.000000409. The van der Waals surface area contributed by atoms with Gasteiger partial charge in [0.2, 0.25) is 5.76 Å². The Morgan fingerprint density at radius 2 is 1.45 bits per heavy atom. The number of aliphatic hydroxyl groups is 6. The topological polar surface area (TPSA) is 222 Å². The number of ether oxygens (including phenoxy) is 1. The highest BCUT2D eigenvalue weighted by molar-refractivity contribution is 5.89. The van der Waals surface area contributed by atoms with Crippen LogP contribution >= 0.6 is 0 Å². The van der Waals surface area contributed by atoms with Crippen LogP contribution in [0.1, 0.15) is 0 Å². The van der Waals surface area contributed by atoms with Crippen molar-refractivity contribution in [2.45, 2.75) is 24.4 Å². The molecule has 0 bridgehead atoms. The van der Waals surface area contributed by atoms with E-state index in [9.17, 15) is 14.4 Å². The Bertz CT molecular complexity index is 451. The van der Waals surface area contributed by atoms with E-state index >= 15 is 0 Å². The van der Waals surface area contributed by atoms with Crippen molar-refractivity contribution in [3.8, 4) is 0 Å². The Kier molecular flexibility index (Phi) is 7.24. The van der Waals surface area contributed by atoms with E-state index in [2.05, 4.69) is 4.74 Å². The second kappa shape index (κ2) is 8.14. The molecule has 0 aromatic heterocycles. The monoisotopic (exact) mass is 326 g/mol. The van der Waals surface area contributed by atoms with Crippen LogP contribution in [0.4, 0.5) is 0 Å². The van der Waals surface area contributed by atoms with Crippen LogP contribution < -0.4 is 0 Å². The molecule has 12 heteroatoms. The molecule has 1 aliphatic heterocycles. The van der Waals surface area contributed by atoms with Gasteiger partial charge in [-0.2, -0.15) is 0 Å². The van der Waals surface area contributed by atoms with Crippen molar-refractivity contribution < 1.29 is 60.0 Å². The minimum absolute atomic E-state index is 0.671. The zero-order valence-electron chi connectivity index (χ0n) is 10.7. The zero-order valence-corrected chi connectivity index (χ0v) is 10.7. The number of hydrogen-bond acceptors (Lipinski definition) is 10. The standard InChI is InChI=1S/C6H8O6.C4H6O6/c7-1-2(8)5-3(9)4(10)6(11)12-5;5-1(3(7)8)2(6)4(9)10/h2,5,7-10H,1H2;1-2,5-6H,(H,7,8)(H,9,10)/t2-,5+;/m0./s1. The number of cyclic esters (lactones) is 1. The molecule has 2 unspecified atom stereocenters. The van der Waals surface area contributed by atoms with Gasteiger partial charge in [0.1, 0.15) is 6.10 Å². The average Bonchev–Trinajstić information content (AvgIpc) is 2.72. The van der Waals surface area contributed by atoms with Crippen molar-refractivity contribution in [3.05, 3.63) is 11.5 Å². The molecule has 0 saturated heterocycles. The lowest BCUT2D eigenvalue weighted by molar-refractivity contribution is -0.165. The third-order valence-corrected chi connectivity index (χ3v) is 2.28. The number of rotatable bonds is 5. The van der Waals surface area contributed by atoms with E-state index in [1.54, 1.807) is 0 Å². The van der Waals surface area contributed by atoms with Crippen molar-refractivity contribution in [2.24, 2.45) is 0 Å². The summed E-state index contributed by atoms with van der Waals surface area (Å²) in [6, 6.07) is 0. The van der Waals surface area contributed by atoms with E-state index in [1.165, 1.54) is 0 Å². The van der Waals surface area contributed by atoms with Gasteiger partial charge in [0, 0.05) is 0 Å². The lowest BCUT2D eigenvalue weighted by Gasteiger charge is -2.13. The lowest BCUT2D eigenvalue weighted by Crippen LogP contribution is -2.39. The largest absolute Gasteiger partial charge is 0.505 e. The molecule has 0 amide bonds. The molecule has 0 fully saturated rings. The molecule has 1 rings (SSSR count). The van der Waals surface area contributed by atoms with Gasteiger partial charge in [-0.25, -0.2) is 14.4 Å². The van der Waals surface area contributed by atoms with Gasteiger partial charge in [-0.15, -0.1) is 0 Å². The molecule has 0 aliphatic carbocycles. The van der Waals surface area contributed by atoms with Crippen molar-refractivity contribution in [3.63, 3.8) is 0 Å². The molecule has 4 atom stereocenters. The third kappa shape index (κ3) is 4.85. The minimum atomic E-state index is -2.27. The summed E-state index contributed by atoms with van der Waals surface area (Å²) in [5.41, 5.74) is 0. The maximum atomic E-state index is 10.5. The summed E-state index contributed by atoms with van der Waals surface area (Å²) in [6.45, 7) is -0.671. The van der Waals surface area contributed by atoms with Crippen molar-refractivity contribution in [1.29, 1.82) is 0 Å². The minimum Gasteiger partial charge on any atom is -0.505 e. The van der Waals surface area contributed by atoms with Crippen molar-refractivity contribution in [2.75, 3.05) is 6.61 Å². The van der Waals surface area contributed by atoms with Crippen molar-refractivity contribution >= 4 is 17.9 Å². The van der Waals surface area contributed by atoms with E-state index < -0.39 is 60.4 Å². The summed E-state index contributed by atoms with van der Waals surface area (Å²) in [7, 11) is 0. The number of aliphatic hydroxyl groups excluding tert-OH is 6. The Labute approximate surface area is 121 Å². The van der Waals surface area contributed by atoms with E-state index in [0.29, 0.717) is 0 Å². The SMILES string of the molecule is O=C(O)C(O)C(O)C(=O)O.O=C1O[C@H]([C@@H](O)CO)C(O)=C1O. The van der Waals surface area contributed by atoms with Gasteiger partial charge in [-0.1, -0.05) is 0 Å². The predicted octanol–water partition coefficient (Wildman–Crippen LogP) is -3.53. The highest BCUT2D eigenvalue weighted by Gasteiger charge is 2.38. The van der Waals surface area contributed by atoms with Gasteiger partial charge >= 0.3 is 17.9 Å². The van der Waals surface area contributed by atoms with Crippen LogP contribution in [0.25, 0.3) is 0 Å². The highest BCUT2D eigenvalue weighted by Crippen LogP contribution is 2.20. The van der Waals surface area contributed by atoms with Crippen LogP contribution in [0.5, 0.6) is 0 Å². The summed E-state index contributed by atoms with van der Waals surface area (Å²) < 4.78 is 4.32. The number of aliphatic carboxylic acids is 2. The zero-order chi connectivity index (χ0) is 17.6. The van der Waals surface area contributed by atoms with Gasteiger partial charge in [0.15, 0.2) is 24.1 Å². The fraction of sp³-hybridized carbons (Fsp3) is 0.500. The summed E-state index contributed by atoms with van der Waals surface area (Å²) in [4.78, 5) is 30.1. The Morgan fingerprint density at radius 1 is 1.05 bits per heavy atom. The first-order valence-electron chi connectivity index (χ1n) is 5.48. The molecule has 0 saturated carbocycles. The number of esters is 1. The maximum Gasteiger partial charge on any atom is 0.377 e. The number of hydrogen-bond donors (Lipinski definition) is 8. The summed E-state index contributed by atoms with van der Waals surface area (Å²) >= 11 is 0. The van der Waals surface area contributed by atoms with Crippen LogP contribution in [0.3, 0.4) is 0 Å². The molecule has 126 valence electrons. The molecule has 1 heterocycles. The summed E-state index contributed by atoms with van der Waals surface area (Å²) in [5.74, 6) is -6.32.